The van der Waals surface area contributed by atoms with E-state index in [9.17, 15) is 19.7 Å². The number of nitro benzene ring substituents is 1. The Morgan fingerprint density at radius 3 is 2.62 bits per heavy atom. The van der Waals surface area contributed by atoms with Gasteiger partial charge in [0.2, 0.25) is 0 Å². The van der Waals surface area contributed by atoms with Crippen molar-refractivity contribution in [2.45, 2.75) is 29.4 Å². The number of hydrogen-bond acceptors (Lipinski definition) is 7. The number of thioether (sulfide) groups is 1. The lowest BCUT2D eigenvalue weighted by molar-refractivity contribution is -0.384. The number of non-ortho nitro benzene ring substituents is 1. The van der Waals surface area contributed by atoms with Crippen LogP contribution in [0.5, 0.6) is 5.75 Å². The summed E-state index contributed by atoms with van der Waals surface area (Å²) in [4.78, 5) is 37.0. The zero-order valence-electron chi connectivity index (χ0n) is 18.0. The minimum absolute atomic E-state index is 0.0981. The number of benzene rings is 3. The quantitative estimate of drug-likeness (QED) is 0.213. The molecule has 1 N–H and O–H groups in total. The van der Waals surface area contributed by atoms with E-state index in [2.05, 4.69) is 5.32 Å². The van der Waals surface area contributed by atoms with Crippen molar-refractivity contribution in [2.24, 2.45) is 0 Å². The molecule has 8 heteroatoms. The van der Waals surface area contributed by atoms with Gasteiger partial charge >= 0.3 is 5.97 Å². The summed E-state index contributed by atoms with van der Waals surface area (Å²) in [5.74, 6) is -0.133. The van der Waals surface area contributed by atoms with Crippen LogP contribution in [0.2, 0.25) is 0 Å². The molecule has 3 aromatic carbocycles. The Bertz CT molecular complexity index is 1330. The molecule has 0 spiro atoms. The third kappa shape index (κ3) is 4.32. The molecule has 0 radical (unpaired) electrons. The second kappa shape index (κ2) is 9.15. The number of carbonyl (C=O) groups excluding carboxylic acids is 2. The largest absolute Gasteiger partial charge is 0.423 e. The average Bonchev–Trinajstić information content (AvgIpc) is 3.02. The fraction of sp³-hybridized carbons (Fsp3) is 0.154. The van der Waals surface area contributed by atoms with Crippen molar-refractivity contribution in [2.75, 3.05) is 5.32 Å². The summed E-state index contributed by atoms with van der Waals surface area (Å²) in [6.07, 6.45) is 2.14. The van der Waals surface area contributed by atoms with Crippen LogP contribution in [-0.4, -0.2) is 16.7 Å². The monoisotopic (exact) mass is 472 g/mol. The van der Waals surface area contributed by atoms with Crippen LogP contribution in [0.1, 0.15) is 40.4 Å². The summed E-state index contributed by atoms with van der Waals surface area (Å²) in [5.41, 5.74) is 3.68. The van der Waals surface area contributed by atoms with Crippen LogP contribution in [0.25, 0.3) is 0 Å². The zero-order chi connectivity index (χ0) is 23.7. The number of ketones is 1. The van der Waals surface area contributed by atoms with Gasteiger partial charge in [0.25, 0.3) is 5.69 Å². The first-order valence-corrected chi connectivity index (χ1v) is 11.7. The van der Waals surface area contributed by atoms with Crippen LogP contribution in [0.3, 0.4) is 0 Å². The van der Waals surface area contributed by atoms with Crippen LogP contribution in [0.15, 0.2) is 89.0 Å². The molecule has 34 heavy (non-hydrogen) atoms. The predicted octanol–water partition coefficient (Wildman–Crippen LogP) is 6.08. The predicted molar refractivity (Wildman–Crippen MR) is 129 cm³/mol. The Labute approximate surface area is 200 Å². The van der Waals surface area contributed by atoms with Crippen molar-refractivity contribution in [1.29, 1.82) is 0 Å². The van der Waals surface area contributed by atoms with Crippen molar-refractivity contribution >= 4 is 34.9 Å². The van der Waals surface area contributed by atoms with Crippen LogP contribution < -0.4 is 10.1 Å². The number of carbonyl (C=O) groups is 2. The second-order valence-electron chi connectivity index (χ2n) is 8.05. The van der Waals surface area contributed by atoms with E-state index in [-0.39, 0.29) is 22.3 Å². The highest BCUT2D eigenvalue weighted by atomic mass is 32.2. The zero-order valence-corrected chi connectivity index (χ0v) is 18.8. The number of anilines is 1. The topological polar surface area (TPSA) is 98.5 Å². The number of Topliss-reactive ketones (excluding diaryl/α,β-unsaturated/α-hetero) is 1. The summed E-state index contributed by atoms with van der Waals surface area (Å²) < 4.78 is 5.56. The lowest BCUT2D eigenvalue weighted by Gasteiger charge is -2.24. The first kappa shape index (κ1) is 21.9. The fourth-order valence-electron chi connectivity index (χ4n) is 4.18. The normalized spacial score (nSPS) is 17.2. The maximum absolute atomic E-state index is 13.0. The van der Waals surface area contributed by atoms with Gasteiger partial charge in [0.15, 0.2) is 5.78 Å². The molecule has 0 saturated heterocycles. The molecular formula is C26H20N2O5S. The summed E-state index contributed by atoms with van der Waals surface area (Å²) in [7, 11) is 0. The highest BCUT2D eigenvalue weighted by Gasteiger charge is 2.33. The number of para-hydroxylation sites is 1. The Morgan fingerprint density at radius 1 is 1.03 bits per heavy atom. The lowest BCUT2D eigenvalue weighted by Crippen LogP contribution is -2.19. The molecule has 1 aliphatic carbocycles. The van der Waals surface area contributed by atoms with E-state index in [1.54, 1.807) is 30.0 Å². The number of ether oxygens (including phenoxy) is 1. The van der Waals surface area contributed by atoms with E-state index < -0.39 is 10.9 Å². The molecule has 2 aliphatic rings. The standard InChI is InChI=1S/C26H20N2O5S/c29-22-9-4-8-21-24(22)25(34-23-10-2-1-7-20(23)27-21)17-5-3-6-19(15-17)33-26(30)16-11-13-18(14-12-16)28(31)32/h1-3,5-7,10-15,25,27H,4,8-9H2. The third-order valence-corrected chi connectivity index (χ3v) is 7.17. The molecule has 170 valence electrons. The van der Waals surface area contributed by atoms with Gasteiger partial charge in [0, 0.05) is 34.7 Å². The first-order valence-electron chi connectivity index (χ1n) is 10.8. The number of allylic oxidation sites excluding steroid dienone is 1. The van der Waals surface area contributed by atoms with Gasteiger partial charge in [-0.05, 0) is 54.8 Å². The molecule has 1 aliphatic heterocycles. The molecule has 5 rings (SSSR count). The van der Waals surface area contributed by atoms with Gasteiger partial charge in [-0.3, -0.25) is 14.9 Å². The molecule has 0 fully saturated rings. The molecule has 1 unspecified atom stereocenters. The van der Waals surface area contributed by atoms with Crippen molar-refractivity contribution in [3.63, 3.8) is 0 Å². The van der Waals surface area contributed by atoms with Crippen molar-refractivity contribution in [3.05, 3.63) is 105 Å². The molecule has 1 heterocycles. The molecular weight excluding hydrogens is 452 g/mol. The number of esters is 1. The van der Waals surface area contributed by atoms with E-state index in [1.807, 2.05) is 30.3 Å². The summed E-state index contributed by atoms with van der Waals surface area (Å²) in [6, 6.07) is 20.4. The summed E-state index contributed by atoms with van der Waals surface area (Å²) >= 11 is 1.60. The highest BCUT2D eigenvalue weighted by molar-refractivity contribution is 8.00. The molecule has 0 amide bonds. The maximum atomic E-state index is 13.0. The van der Waals surface area contributed by atoms with Crippen LogP contribution in [0.4, 0.5) is 11.4 Å². The minimum Gasteiger partial charge on any atom is -0.423 e. The van der Waals surface area contributed by atoms with Gasteiger partial charge in [0.05, 0.1) is 21.4 Å². The number of rotatable bonds is 4. The van der Waals surface area contributed by atoms with Crippen LogP contribution >= 0.6 is 11.8 Å². The van der Waals surface area contributed by atoms with Crippen molar-refractivity contribution < 1.29 is 19.2 Å². The van der Waals surface area contributed by atoms with Gasteiger partial charge in [-0.2, -0.15) is 0 Å². The number of fused-ring (bicyclic) bond motifs is 1. The molecule has 7 nitrogen and oxygen atoms in total. The Kier molecular flexibility index (Phi) is 5.90. The molecule has 0 saturated carbocycles. The van der Waals surface area contributed by atoms with Crippen molar-refractivity contribution in [1.82, 2.24) is 0 Å². The van der Waals surface area contributed by atoms with Crippen LogP contribution in [-0.2, 0) is 4.79 Å². The van der Waals surface area contributed by atoms with E-state index in [4.69, 9.17) is 4.74 Å². The fourth-order valence-corrected chi connectivity index (χ4v) is 5.51. The van der Waals surface area contributed by atoms with Crippen molar-refractivity contribution in [3.8, 4) is 5.75 Å². The second-order valence-corrected chi connectivity index (χ2v) is 9.20. The van der Waals surface area contributed by atoms with Gasteiger partial charge in [0.1, 0.15) is 5.75 Å². The molecule has 0 aromatic heterocycles. The Balaban J connectivity index is 1.46. The summed E-state index contributed by atoms with van der Waals surface area (Å²) in [6.45, 7) is 0. The summed E-state index contributed by atoms with van der Waals surface area (Å²) in [5, 5.41) is 14.1. The average molecular weight is 473 g/mol. The Hall–Kier alpha value is -3.91. The van der Waals surface area contributed by atoms with Crippen LogP contribution in [0, 0.1) is 10.1 Å². The molecule has 0 bridgehead atoms. The number of nitro groups is 1. The molecule has 3 aromatic rings. The first-order chi connectivity index (χ1) is 16.5. The van der Waals surface area contributed by atoms with Gasteiger partial charge in [-0.25, -0.2) is 4.79 Å². The molecule has 1 atom stereocenters. The third-order valence-electron chi connectivity index (χ3n) is 5.82. The van der Waals surface area contributed by atoms with E-state index in [0.29, 0.717) is 12.2 Å². The van der Waals surface area contributed by atoms with Gasteiger partial charge < -0.3 is 10.1 Å². The van der Waals surface area contributed by atoms with E-state index in [1.165, 1.54) is 24.3 Å². The number of nitrogens with zero attached hydrogens (tertiary/aromatic N) is 1. The van der Waals surface area contributed by atoms with E-state index >= 15 is 0 Å². The smallest absolute Gasteiger partial charge is 0.343 e. The highest BCUT2D eigenvalue weighted by Crippen LogP contribution is 2.49. The van der Waals surface area contributed by atoms with Gasteiger partial charge in [-0.1, -0.05) is 24.3 Å². The van der Waals surface area contributed by atoms with E-state index in [0.717, 1.165) is 40.3 Å². The number of hydrogen-bond donors (Lipinski definition) is 1. The number of nitrogens with one attached hydrogen (secondary N) is 1. The minimum atomic E-state index is -0.610. The lowest BCUT2D eigenvalue weighted by atomic mass is 9.89. The SMILES string of the molecule is O=C1CCCC2=C1C(c1cccc(OC(=O)c3ccc([N+](=O)[O-])cc3)c1)Sc1ccccc1N2. The maximum Gasteiger partial charge on any atom is 0.343 e. The van der Waals surface area contributed by atoms with Gasteiger partial charge in [-0.15, -0.1) is 11.8 Å². The Morgan fingerprint density at radius 2 is 1.82 bits per heavy atom.